The lowest BCUT2D eigenvalue weighted by Crippen LogP contribution is -2.24. The summed E-state index contributed by atoms with van der Waals surface area (Å²) in [5.74, 6) is 0.0731. The van der Waals surface area contributed by atoms with Crippen molar-refractivity contribution in [3.05, 3.63) is 12.8 Å². The quantitative estimate of drug-likeness (QED) is 0.656. The van der Waals surface area contributed by atoms with Gasteiger partial charge in [0.1, 0.15) is 0 Å². The number of amides is 1. The van der Waals surface area contributed by atoms with Gasteiger partial charge >= 0.3 is 0 Å². The van der Waals surface area contributed by atoms with Crippen LogP contribution in [0.4, 0.5) is 0 Å². The van der Waals surface area contributed by atoms with Crippen molar-refractivity contribution in [3.8, 4) is 0 Å². The molecule has 0 unspecified atom stereocenters. The van der Waals surface area contributed by atoms with Gasteiger partial charge in [-0.1, -0.05) is 27.4 Å². The summed E-state index contributed by atoms with van der Waals surface area (Å²) in [6.07, 6.45) is 3.77. The van der Waals surface area contributed by atoms with E-state index in [-0.39, 0.29) is 5.91 Å². The molecule has 0 atom stereocenters. The minimum absolute atomic E-state index is 0.0731. The Bertz CT molecular complexity index is 179. The summed E-state index contributed by atoms with van der Waals surface area (Å²) in [5.41, 5.74) is 0.351. The van der Waals surface area contributed by atoms with Crippen molar-refractivity contribution in [2.24, 2.45) is 5.41 Å². The molecule has 76 valence electrons. The topological polar surface area (TPSA) is 20.3 Å². The van der Waals surface area contributed by atoms with Crippen LogP contribution in [-0.2, 0) is 4.79 Å². The van der Waals surface area contributed by atoms with Crippen molar-refractivity contribution in [3.63, 3.8) is 0 Å². The van der Waals surface area contributed by atoms with Crippen LogP contribution in [-0.4, -0.2) is 17.4 Å². The molecule has 1 amide bonds. The van der Waals surface area contributed by atoms with Gasteiger partial charge < -0.3 is 4.90 Å². The zero-order valence-corrected chi connectivity index (χ0v) is 9.26. The van der Waals surface area contributed by atoms with Crippen molar-refractivity contribution >= 4 is 5.91 Å². The second-order valence-electron chi connectivity index (χ2n) is 4.56. The molecule has 0 aromatic carbocycles. The van der Waals surface area contributed by atoms with Gasteiger partial charge in [-0.15, -0.1) is 0 Å². The van der Waals surface area contributed by atoms with Crippen molar-refractivity contribution < 1.29 is 4.79 Å². The minimum Gasteiger partial charge on any atom is -0.320 e. The van der Waals surface area contributed by atoms with Crippen molar-refractivity contribution in [1.29, 1.82) is 0 Å². The van der Waals surface area contributed by atoms with Crippen LogP contribution in [0.3, 0.4) is 0 Å². The van der Waals surface area contributed by atoms with Crippen LogP contribution in [0.25, 0.3) is 0 Å². The van der Waals surface area contributed by atoms with Crippen LogP contribution >= 0.6 is 0 Å². The molecule has 0 aromatic heterocycles. The van der Waals surface area contributed by atoms with Gasteiger partial charge in [0.2, 0.25) is 5.91 Å². The Morgan fingerprint density at radius 3 is 2.31 bits per heavy atom. The Labute approximate surface area is 81.6 Å². The van der Waals surface area contributed by atoms with Crippen LogP contribution < -0.4 is 0 Å². The van der Waals surface area contributed by atoms with E-state index in [0.29, 0.717) is 5.41 Å². The molecule has 0 saturated carbocycles. The largest absolute Gasteiger partial charge is 0.320 e. The fraction of sp³-hybridized carbons (Fsp3) is 0.727. The van der Waals surface area contributed by atoms with Gasteiger partial charge in [0.15, 0.2) is 0 Å². The van der Waals surface area contributed by atoms with E-state index in [9.17, 15) is 4.79 Å². The first kappa shape index (κ1) is 12.2. The molecular weight excluding hydrogens is 162 g/mol. The van der Waals surface area contributed by atoms with E-state index in [1.54, 1.807) is 18.0 Å². The maximum atomic E-state index is 11.0. The minimum atomic E-state index is 0.0731. The molecule has 0 N–H and O–H groups in total. The van der Waals surface area contributed by atoms with E-state index in [0.717, 1.165) is 19.4 Å². The molecule has 0 fully saturated rings. The summed E-state index contributed by atoms with van der Waals surface area (Å²) in [4.78, 5) is 12.6. The summed E-state index contributed by atoms with van der Waals surface area (Å²) in [6, 6.07) is 0. The Morgan fingerprint density at radius 1 is 1.46 bits per heavy atom. The van der Waals surface area contributed by atoms with Gasteiger partial charge in [0.05, 0.1) is 0 Å². The summed E-state index contributed by atoms with van der Waals surface area (Å²) >= 11 is 0. The molecule has 0 aliphatic heterocycles. The van der Waals surface area contributed by atoms with Crippen LogP contribution in [0.2, 0.25) is 0 Å². The highest BCUT2D eigenvalue weighted by atomic mass is 16.2. The average molecular weight is 183 g/mol. The van der Waals surface area contributed by atoms with E-state index in [1.807, 2.05) is 0 Å². The lowest BCUT2D eigenvalue weighted by Gasteiger charge is -2.21. The van der Waals surface area contributed by atoms with Crippen molar-refractivity contribution in [2.45, 2.75) is 40.5 Å². The van der Waals surface area contributed by atoms with E-state index in [2.05, 4.69) is 27.4 Å². The lowest BCUT2D eigenvalue weighted by molar-refractivity contribution is -0.126. The highest BCUT2D eigenvalue weighted by molar-refractivity contribution is 5.74. The molecule has 0 spiro atoms. The smallest absolute Gasteiger partial charge is 0.223 e. The second-order valence-corrected chi connectivity index (χ2v) is 4.56. The van der Waals surface area contributed by atoms with Gasteiger partial charge in [-0.2, -0.15) is 0 Å². The molecule has 2 nitrogen and oxygen atoms in total. The van der Waals surface area contributed by atoms with Crippen LogP contribution in [0.5, 0.6) is 0 Å². The molecule has 0 radical (unpaired) electrons. The number of hydrogen-bond donors (Lipinski definition) is 0. The molecular formula is C11H21NO. The average Bonchev–Trinajstić information content (AvgIpc) is 1.95. The van der Waals surface area contributed by atoms with E-state index < -0.39 is 0 Å². The molecule has 0 aromatic rings. The number of hydrogen-bond acceptors (Lipinski definition) is 1. The zero-order valence-electron chi connectivity index (χ0n) is 9.26. The third kappa shape index (κ3) is 6.38. The van der Waals surface area contributed by atoms with Gasteiger partial charge in [0.25, 0.3) is 0 Å². The molecule has 0 aliphatic rings. The molecule has 13 heavy (non-hydrogen) atoms. The third-order valence-corrected chi connectivity index (χ3v) is 1.95. The highest BCUT2D eigenvalue weighted by Gasteiger charge is 2.11. The van der Waals surface area contributed by atoms with Gasteiger partial charge in [-0.3, -0.25) is 4.79 Å². The standard InChI is InChI=1S/C11H21NO/c1-6-12(10(2)13)9-7-8-11(3,4)5/h6H,1,7-9H2,2-5H3. The first-order valence-corrected chi connectivity index (χ1v) is 4.76. The van der Waals surface area contributed by atoms with Crippen LogP contribution in [0.1, 0.15) is 40.5 Å². The van der Waals surface area contributed by atoms with E-state index in [1.165, 1.54) is 0 Å². The lowest BCUT2D eigenvalue weighted by atomic mass is 9.90. The number of nitrogens with zero attached hydrogens (tertiary/aromatic N) is 1. The van der Waals surface area contributed by atoms with Gasteiger partial charge in [-0.05, 0) is 24.5 Å². The fourth-order valence-corrected chi connectivity index (χ4v) is 1.16. The fourth-order valence-electron chi connectivity index (χ4n) is 1.16. The maximum absolute atomic E-state index is 11.0. The second kappa shape index (κ2) is 5.05. The highest BCUT2D eigenvalue weighted by Crippen LogP contribution is 2.20. The summed E-state index contributed by atoms with van der Waals surface area (Å²) < 4.78 is 0. The Morgan fingerprint density at radius 2 is 2.00 bits per heavy atom. The first-order chi connectivity index (χ1) is 5.87. The SMILES string of the molecule is C=CN(CCCC(C)(C)C)C(C)=O. The Hall–Kier alpha value is -0.790. The predicted molar refractivity (Wildman–Crippen MR) is 56.3 cm³/mol. The third-order valence-electron chi connectivity index (χ3n) is 1.95. The van der Waals surface area contributed by atoms with Crippen molar-refractivity contribution in [1.82, 2.24) is 4.90 Å². The first-order valence-electron chi connectivity index (χ1n) is 4.76. The normalized spacial score (nSPS) is 11.1. The zero-order chi connectivity index (χ0) is 10.5. The molecule has 0 saturated heterocycles. The molecule has 2 heteroatoms. The number of carbonyl (C=O) groups is 1. The van der Waals surface area contributed by atoms with Gasteiger partial charge in [-0.25, -0.2) is 0 Å². The molecule has 0 aliphatic carbocycles. The Kier molecular flexibility index (Phi) is 4.74. The van der Waals surface area contributed by atoms with Crippen LogP contribution in [0, 0.1) is 5.41 Å². The predicted octanol–water partition coefficient (Wildman–Crippen LogP) is 2.80. The summed E-state index contributed by atoms with van der Waals surface area (Å²) in [6.45, 7) is 12.6. The summed E-state index contributed by atoms with van der Waals surface area (Å²) in [5, 5.41) is 0. The Balaban J connectivity index is 3.74. The maximum Gasteiger partial charge on any atom is 0.223 e. The van der Waals surface area contributed by atoms with Crippen molar-refractivity contribution in [2.75, 3.05) is 6.54 Å². The van der Waals surface area contributed by atoms with E-state index in [4.69, 9.17) is 0 Å². The molecule has 0 bridgehead atoms. The molecule has 0 rings (SSSR count). The number of carbonyl (C=O) groups excluding carboxylic acids is 1. The monoisotopic (exact) mass is 183 g/mol. The van der Waals surface area contributed by atoms with E-state index >= 15 is 0 Å². The molecule has 0 heterocycles. The summed E-state index contributed by atoms with van der Waals surface area (Å²) in [7, 11) is 0. The number of rotatable bonds is 4. The van der Waals surface area contributed by atoms with Gasteiger partial charge in [0, 0.05) is 13.5 Å². The van der Waals surface area contributed by atoms with Crippen LogP contribution in [0.15, 0.2) is 12.8 Å².